The number of ether oxygens (including phenoxy) is 2. The van der Waals surface area contributed by atoms with Crippen molar-refractivity contribution in [3.05, 3.63) is 11.8 Å². The van der Waals surface area contributed by atoms with Crippen molar-refractivity contribution in [2.45, 2.75) is 46.0 Å². The summed E-state index contributed by atoms with van der Waals surface area (Å²) in [6.45, 7) is 3.94. The lowest BCUT2D eigenvalue weighted by atomic mass is 10.2. The molecule has 108 valence electrons. The van der Waals surface area contributed by atoms with Crippen LogP contribution in [-0.2, 0) is 9.47 Å². The molecule has 0 radical (unpaired) electrons. The minimum atomic E-state index is -0.652. The van der Waals surface area contributed by atoms with Gasteiger partial charge in [0, 0.05) is 5.70 Å². The largest absolute Gasteiger partial charge is 0.449 e. The Bertz CT molecular complexity index is 342. The molecule has 2 amide bonds. The molecule has 0 aromatic carbocycles. The molecule has 6 heteroatoms. The molecule has 0 aromatic rings. The van der Waals surface area contributed by atoms with Gasteiger partial charge in [-0.25, -0.2) is 15.0 Å². The van der Waals surface area contributed by atoms with Gasteiger partial charge in [-0.3, -0.25) is 0 Å². The summed E-state index contributed by atoms with van der Waals surface area (Å²) in [6.07, 6.45) is 5.59. The third-order valence-electron chi connectivity index (χ3n) is 2.73. The van der Waals surface area contributed by atoms with Gasteiger partial charge in [0.1, 0.15) is 0 Å². The van der Waals surface area contributed by atoms with Gasteiger partial charge < -0.3 is 9.47 Å². The highest BCUT2D eigenvalue weighted by molar-refractivity contribution is 5.75. The molecule has 0 spiro atoms. The van der Waals surface area contributed by atoms with Gasteiger partial charge in [0.2, 0.25) is 0 Å². The number of carbonyl (C=O) groups excluding carboxylic acids is 2. The van der Waals surface area contributed by atoms with Crippen LogP contribution in [0.15, 0.2) is 11.8 Å². The smallest absolute Gasteiger partial charge is 0.433 e. The molecule has 1 aliphatic rings. The van der Waals surface area contributed by atoms with E-state index in [2.05, 4.69) is 5.43 Å². The maximum atomic E-state index is 11.9. The van der Waals surface area contributed by atoms with E-state index >= 15 is 0 Å². The van der Waals surface area contributed by atoms with Crippen molar-refractivity contribution in [1.82, 2.24) is 10.4 Å². The van der Waals surface area contributed by atoms with E-state index in [9.17, 15) is 9.59 Å². The van der Waals surface area contributed by atoms with E-state index in [1.807, 2.05) is 6.08 Å². The van der Waals surface area contributed by atoms with Gasteiger partial charge in [-0.05, 0) is 39.5 Å². The van der Waals surface area contributed by atoms with Crippen LogP contribution in [0.4, 0.5) is 9.59 Å². The normalized spacial score (nSPS) is 14.9. The lowest BCUT2D eigenvalue weighted by Gasteiger charge is -2.24. The Morgan fingerprint density at radius 1 is 1.21 bits per heavy atom. The summed E-state index contributed by atoms with van der Waals surface area (Å²) in [5.41, 5.74) is 3.20. The van der Waals surface area contributed by atoms with Crippen molar-refractivity contribution in [1.29, 1.82) is 0 Å². The third kappa shape index (κ3) is 5.19. The summed E-state index contributed by atoms with van der Waals surface area (Å²) >= 11 is 0. The summed E-state index contributed by atoms with van der Waals surface area (Å²) in [5.74, 6) is 0. The fourth-order valence-electron chi connectivity index (χ4n) is 1.88. The van der Waals surface area contributed by atoms with E-state index < -0.39 is 12.2 Å². The molecule has 6 nitrogen and oxygen atoms in total. The van der Waals surface area contributed by atoms with Crippen molar-refractivity contribution in [3.63, 3.8) is 0 Å². The third-order valence-corrected chi connectivity index (χ3v) is 2.73. The highest BCUT2D eigenvalue weighted by atomic mass is 16.6. The second kappa shape index (κ2) is 8.39. The van der Waals surface area contributed by atoms with Gasteiger partial charge in [0.15, 0.2) is 0 Å². The standard InChI is InChI=1S/C13H22N2O4/c1-3-18-12(16)14-15(13(17)19-4-2)11-9-7-5-6-8-10-11/h9H,3-8,10H2,1-2H3,(H,14,16). The summed E-state index contributed by atoms with van der Waals surface area (Å²) in [6, 6.07) is 0. The second-order valence-electron chi connectivity index (χ2n) is 4.16. The van der Waals surface area contributed by atoms with Crippen LogP contribution in [0, 0.1) is 0 Å². The van der Waals surface area contributed by atoms with Gasteiger partial charge in [-0.15, -0.1) is 0 Å². The first kappa shape index (κ1) is 15.3. The zero-order valence-electron chi connectivity index (χ0n) is 11.6. The Hall–Kier alpha value is -1.72. The highest BCUT2D eigenvalue weighted by Crippen LogP contribution is 2.20. The van der Waals surface area contributed by atoms with Gasteiger partial charge >= 0.3 is 12.2 Å². The van der Waals surface area contributed by atoms with Crippen molar-refractivity contribution >= 4 is 12.2 Å². The topological polar surface area (TPSA) is 67.9 Å². The number of hydrogen-bond donors (Lipinski definition) is 1. The molecule has 19 heavy (non-hydrogen) atoms. The summed E-state index contributed by atoms with van der Waals surface area (Å²) in [7, 11) is 0. The molecule has 1 N–H and O–H groups in total. The highest BCUT2D eigenvalue weighted by Gasteiger charge is 2.22. The molecule has 0 aliphatic heterocycles. The van der Waals surface area contributed by atoms with Crippen LogP contribution < -0.4 is 5.43 Å². The van der Waals surface area contributed by atoms with Crippen LogP contribution in [0.5, 0.6) is 0 Å². The van der Waals surface area contributed by atoms with E-state index in [0.717, 1.165) is 42.8 Å². The molecule has 1 aliphatic carbocycles. The van der Waals surface area contributed by atoms with E-state index in [-0.39, 0.29) is 13.2 Å². The Morgan fingerprint density at radius 2 is 1.95 bits per heavy atom. The van der Waals surface area contributed by atoms with Crippen LogP contribution in [0.3, 0.4) is 0 Å². The lowest BCUT2D eigenvalue weighted by molar-refractivity contribution is 0.0861. The number of hydrazine groups is 1. The number of nitrogens with zero attached hydrogens (tertiary/aromatic N) is 1. The monoisotopic (exact) mass is 270 g/mol. The van der Waals surface area contributed by atoms with Crippen molar-refractivity contribution < 1.29 is 19.1 Å². The predicted molar refractivity (Wildman–Crippen MR) is 70.2 cm³/mol. The number of rotatable bonds is 3. The number of hydrogen-bond acceptors (Lipinski definition) is 4. The molecule has 0 bridgehead atoms. The first-order valence-corrected chi connectivity index (χ1v) is 6.78. The van der Waals surface area contributed by atoms with Crippen molar-refractivity contribution in [2.75, 3.05) is 13.2 Å². The van der Waals surface area contributed by atoms with Gasteiger partial charge in [0.05, 0.1) is 13.2 Å². The molecule has 0 aromatic heterocycles. The SMILES string of the molecule is CCOC(=O)NN(C(=O)OCC)C1=CCCCCC1. The molecule has 0 fully saturated rings. The Kier molecular flexibility index (Phi) is 6.78. The maximum Gasteiger partial charge on any atom is 0.433 e. The zero-order chi connectivity index (χ0) is 14.1. The van der Waals surface area contributed by atoms with Crippen molar-refractivity contribution in [2.24, 2.45) is 0 Å². The summed E-state index contributed by atoms with van der Waals surface area (Å²) in [5, 5.41) is 1.16. The molecule has 0 unspecified atom stereocenters. The summed E-state index contributed by atoms with van der Waals surface area (Å²) in [4.78, 5) is 23.4. The average Bonchev–Trinajstić information content (AvgIpc) is 2.65. The lowest BCUT2D eigenvalue weighted by Crippen LogP contribution is -2.46. The van der Waals surface area contributed by atoms with Gasteiger partial charge in [-0.1, -0.05) is 12.5 Å². The molecule has 0 atom stereocenters. The minimum absolute atomic E-state index is 0.252. The number of nitrogens with one attached hydrogen (secondary N) is 1. The molecule has 1 rings (SSSR count). The molecular weight excluding hydrogens is 248 g/mol. The Balaban J connectivity index is 2.75. The number of amides is 2. The predicted octanol–water partition coefficient (Wildman–Crippen LogP) is 2.95. The molecule has 0 heterocycles. The Labute approximate surface area is 113 Å². The van der Waals surface area contributed by atoms with Gasteiger partial charge in [0.25, 0.3) is 0 Å². The van der Waals surface area contributed by atoms with Crippen molar-refractivity contribution in [3.8, 4) is 0 Å². The Morgan fingerprint density at radius 3 is 2.63 bits per heavy atom. The number of allylic oxidation sites excluding steroid dienone is 2. The second-order valence-corrected chi connectivity index (χ2v) is 4.16. The number of carbonyl (C=O) groups is 2. The van der Waals surface area contributed by atoms with Crippen LogP contribution in [0.1, 0.15) is 46.0 Å². The van der Waals surface area contributed by atoms with E-state index in [1.165, 1.54) is 0 Å². The minimum Gasteiger partial charge on any atom is -0.449 e. The molecular formula is C13H22N2O4. The van der Waals surface area contributed by atoms with Crippen LogP contribution in [0.25, 0.3) is 0 Å². The fourth-order valence-corrected chi connectivity index (χ4v) is 1.88. The summed E-state index contributed by atoms with van der Waals surface area (Å²) < 4.78 is 9.75. The van der Waals surface area contributed by atoms with E-state index in [0.29, 0.717) is 0 Å². The first-order chi connectivity index (χ1) is 9.19. The van der Waals surface area contributed by atoms with E-state index in [4.69, 9.17) is 9.47 Å². The van der Waals surface area contributed by atoms with Crippen LogP contribution in [0.2, 0.25) is 0 Å². The van der Waals surface area contributed by atoms with E-state index in [1.54, 1.807) is 13.8 Å². The average molecular weight is 270 g/mol. The van der Waals surface area contributed by atoms with Crippen LogP contribution >= 0.6 is 0 Å². The molecule has 0 saturated carbocycles. The maximum absolute atomic E-state index is 11.9. The van der Waals surface area contributed by atoms with Crippen LogP contribution in [-0.4, -0.2) is 30.4 Å². The molecule has 0 saturated heterocycles. The quantitative estimate of drug-likeness (QED) is 0.800. The first-order valence-electron chi connectivity index (χ1n) is 6.78. The van der Waals surface area contributed by atoms with Gasteiger partial charge in [-0.2, -0.15) is 5.01 Å². The fraction of sp³-hybridized carbons (Fsp3) is 0.692. The zero-order valence-corrected chi connectivity index (χ0v) is 11.6.